The molecular weight excluding hydrogens is 196 g/mol. The zero-order chi connectivity index (χ0) is 10.4. The molecule has 0 aromatic carbocycles. The van der Waals surface area contributed by atoms with Gasteiger partial charge in [0.25, 0.3) is 0 Å². The smallest absolute Gasteiger partial charge is 0.307 e. The molecule has 1 aromatic heterocycles. The Hall–Kier alpha value is -1.09. The Labute approximate surface area is 87.9 Å². The van der Waals surface area contributed by atoms with Crippen LogP contribution in [-0.4, -0.2) is 11.1 Å². The maximum atomic E-state index is 10.4. The van der Waals surface area contributed by atoms with E-state index in [0.29, 0.717) is 0 Å². The van der Waals surface area contributed by atoms with E-state index in [-0.39, 0.29) is 6.42 Å². The molecule has 1 heterocycles. The maximum absolute atomic E-state index is 10.4. The van der Waals surface area contributed by atoms with Gasteiger partial charge >= 0.3 is 5.97 Å². The summed E-state index contributed by atoms with van der Waals surface area (Å²) >= 11 is 1.64. The second-order valence-electron chi connectivity index (χ2n) is 3.09. The summed E-state index contributed by atoms with van der Waals surface area (Å²) in [6.07, 6.45) is 3.92. The summed E-state index contributed by atoms with van der Waals surface area (Å²) in [6.45, 7) is 2.10. The average molecular weight is 210 g/mol. The standard InChI is InChI=1S/C11H14O2S/c1-2-3-9(4-5-11(12)13)10-6-7-14-8-10/h4,6-8H,2-3,5H2,1H3,(H,12,13)/b9-4+. The highest BCUT2D eigenvalue weighted by Gasteiger charge is 2.02. The number of aliphatic carboxylic acids is 1. The Kier molecular flexibility index (Phi) is 4.40. The molecule has 0 unspecified atom stereocenters. The third-order valence-electron chi connectivity index (χ3n) is 1.93. The molecular formula is C11H14O2S. The van der Waals surface area contributed by atoms with Crippen molar-refractivity contribution >= 4 is 22.9 Å². The van der Waals surface area contributed by atoms with Gasteiger partial charge in [0.1, 0.15) is 0 Å². The fraction of sp³-hybridized carbons (Fsp3) is 0.364. The second kappa shape index (κ2) is 5.60. The van der Waals surface area contributed by atoms with Crippen LogP contribution in [0.5, 0.6) is 0 Å². The van der Waals surface area contributed by atoms with Gasteiger partial charge in [0.15, 0.2) is 0 Å². The molecule has 0 saturated carbocycles. The van der Waals surface area contributed by atoms with Gasteiger partial charge in [-0.25, -0.2) is 0 Å². The minimum absolute atomic E-state index is 0.116. The average Bonchev–Trinajstić information content (AvgIpc) is 2.64. The summed E-state index contributed by atoms with van der Waals surface area (Å²) in [6, 6.07) is 2.04. The minimum atomic E-state index is -0.770. The van der Waals surface area contributed by atoms with Crippen molar-refractivity contribution in [1.82, 2.24) is 0 Å². The molecule has 0 aliphatic rings. The number of allylic oxidation sites excluding steroid dienone is 1. The van der Waals surface area contributed by atoms with Crippen molar-refractivity contribution in [3.63, 3.8) is 0 Å². The zero-order valence-corrected chi connectivity index (χ0v) is 9.01. The molecule has 0 spiro atoms. The Balaban J connectivity index is 2.74. The van der Waals surface area contributed by atoms with Gasteiger partial charge in [-0.2, -0.15) is 11.3 Å². The molecule has 1 N–H and O–H groups in total. The second-order valence-corrected chi connectivity index (χ2v) is 3.87. The van der Waals surface area contributed by atoms with E-state index >= 15 is 0 Å². The summed E-state index contributed by atoms with van der Waals surface area (Å²) in [5.41, 5.74) is 2.31. The van der Waals surface area contributed by atoms with Gasteiger partial charge in [-0.3, -0.25) is 4.79 Å². The van der Waals surface area contributed by atoms with Gasteiger partial charge in [-0.05, 0) is 34.4 Å². The highest BCUT2D eigenvalue weighted by atomic mass is 32.1. The van der Waals surface area contributed by atoms with Gasteiger partial charge < -0.3 is 5.11 Å². The van der Waals surface area contributed by atoms with Gasteiger partial charge in [-0.15, -0.1) is 0 Å². The molecule has 0 aliphatic carbocycles. The highest BCUT2D eigenvalue weighted by Crippen LogP contribution is 2.22. The van der Waals surface area contributed by atoms with Crippen LogP contribution >= 0.6 is 11.3 Å². The van der Waals surface area contributed by atoms with Crippen LogP contribution in [0.15, 0.2) is 22.9 Å². The third-order valence-corrected chi connectivity index (χ3v) is 2.62. The number of thiophene rings is 1. The van der Waals surface area contributed by atoms with E-state index in [1.54, 1.807) is 11.3 Å². The van der Waals surface area contributed by atoms with E-state index in [2.05, 4.69) is 12.3 Å². The fourth-order valence-electron chi connectivity index (χ4n) is 1.29. The summed E-state index contributed by atoms with van der Waals surface area (Å²) in [4.78, 5) is 10.4. The van der Waals surface area contributed by atoms with Crippen LogP contribution in [0.4, 0.5) is 0 Å². The lowest BCUT2D eigenvalue weighted by Gasteiger charge is -2.02. The first-order chi connectivity index (χ1) is 6.74. The predicted molar refractivity (Wildman–Crippen MR) is 59.5 cm³/mol. The van der Waals surface area contributed by atoms with Crippen LogP contribution in [0.1, 0.15) is 31.7 Å². The molecule has 1 rings (SSSR count). The third kappa shape index (κ3) is 3.34. The number of hydrogen-bond donors (Lipinski definition) is 1. The summed E-state index contributed by atoms with van der Waals surface area (Å²) in [7, 11) is 0. The molecule has 0 atom stereocenters. The monoisotopic (exact) mass is 210 g/mol. The Morgan fingerprint density at radius 2 is 2.43 bits per heavy atom. The van der Waals surface area contributed by atoms with Crippen LogP contribution in [0.2, 0.25) is 0 Å². The van der Waals surface area contributed by atoms with Crippen LogP contribution in [-0.2, 0) is 4.79 Å². The van der Waals surface area contributed by atoms with Crippen molar-refractivity contribution in [2.24, 2.45) is 0 Å². The molecule has 0 fully saturated rings. The first kappa shape index (κ1) is 11.0. The van der Waals surface area contributed by atoms with Gasteiger partial charge in [-0.1, -0.05) is 19.4 Å². The van der Waals surface area contributed by atoms with Gasteiger partial charge in [0.05, 0.1) is 6.42 Å². The molecule has 2 nitrogen and oxygen atoms in total. The molecule has 0 radical (unpaired) electrons. The van der Waals surface area contributed by atoms with E-state index in [1.807, 2.05) is 17.5 Å². The highest BCUT2D eigenvalue weighted by molar-refractivity contribution is 7.08. The Morgan fingerprint density at radius 1 is 1.64 bits per heavy atom. The van der Waals surface area contributed by atoms with Crippen LogP contribution in [0.3, 0.4) is 0 Å². The lowest BCUT2D eigenvalue weighted by molar-refractivity contribution is -0.135. The number of rotatable bonds is 5. The minimum Gasteiger partial charge on any atom is -0.481 e. The van der Waals surface area contributed by atoms with Crippen molar-refractivity contribution in [3.8, 4) is 0 Å². The fourth-order valence-corrected chi connectivity index (χ4v) is 1.97. The summed E-state index contributed by atoms with van der Waals surface area (Å²) in [5.74, 6) is -0.770. The Morgan fingerprint density at radius 3 is 2.93 bits per heavy atom. The molecule has 0 saturated heterocycles. The van der Waals surface area contributed by atoms with E-state index in [1.165, 1.54) is 0 Å². The first-order valence-electron chi connectivity index (χ1n) is 4.67. The van der Waals surface area contributed by atoms with Crippen LogP contribution in [0.25, 0.3) is 5.57 Å². The maximum Gasteiger partial charge on any atom is 0.307 e. The van der Waals surface area contributed by atoms with Crippen molar-refractivity contribution in [1.29, 1.82) is 0 Å². The largest absolute Gasteiger partial charge is 0.481 e. The normalized spacial score (nSPS) is 11.6. The molecule has 0 aliphatic heterocycles. The van der Waals surface area contributed by atoms with Crippen LogP contribution < -0.4 is 0 Å². The summed E-state index contributed by atoms with van der Waals surface area (Å²) < 4.78 is 0. The van der Waals surface area contributed by atoms with Crippen molar-refractivity contribution in [2.45, 2.75) is 26.2 Å². The van der Waals surface area contributed by atoms with Crippen molar-refractivity contribution in [2.75, 3.05) is 0 Å². The number of carbonyl (C=O) groups is 1. The predicted octanol–water partition coefficient (Wildman–Crippen LogP) is 3.41. The molecule has 76 valence electrons. The van der Waals surface area contributed by atoms with Gasteiger partial charge in [0, 0.05) is 0 Å². The van der Waals surface area contributed by atoms with Crippen LogP contribution in [0, 0.1) is 0 Å². The molecule has 0 bridgehead atoms. The zero-order valence-electron chi connectivity index (χ0n) is 8.19. The number of carboxylic acid groups (broad SMARTS) is 1. The van der Waals surface area contributed by atoms with Crippen molar-refractivity contribution < 1.29 is 9.90 Å². The molecule has 0 amide bonds. The number of carboxylic acids is 1. The first-order valence-corrected chi connectivity index (χ1v) is 5.61. The summed E-state index contributed by atoms with van der Waals surface area (Å²) in [5, 5.41) is 12.7. The van der Waals surface area contributed by atoms with E-state index in [0.717, 1.165) is 24.0 Å². The lowest BCUT2D eigenvalue weighted by Crippen LogP contribution is -1.92. The van der Waals surface area contributed by atoms with Gasteiger partial charge in [0.2, 0.25) is 0 Å². The molecule has 14 heavy (non-hydrogen) atoms. The Bertz CT molecular complexity index is 312. The quantitative estimate of drug-likeness (QED) is 0.808. The van der Waals surface area contributed by atoms with E-state index in [9.17, 15) is 4.79 Å². The molecule has 1 aromatic rings. The van der Waals surface area contributed by atoms with E-state index in [4.69, 9.17) is 5.11 Å². The lowest BCUT2D eigenvalue weighted by atomic mass is 10.0. The van der Waals surface area contributed by atoms with E-state index < -0.39 is 5.97 Å². The SMILES string of the molecule is CCC/C(=C\CC(=O)O)c1ccsc1. The topological polar surface area (TPSA) is 37.3 Å². The molecule has 3 heteroatoms. The van der Waals surface area contributed by atoms with Crippen molar-refractivity contribution in [3.05, 3.63) is 28.5 Å². The number of hydrogen-bond acceptors (Lipinski definition) is 2.